The molecule has 1 aromatic heterocycles. The molecule has 10 nitrogen and oxygen atoms in total. The van der Waals surface area contributed by atoms with Crippen molar-refractivity contribution in [3.05, 3.63) is 63.0 Å². The Morgan fingerprint density at radius 3 is 2.64 bits per heavy atom. The van der Waals surface area contributed by atoms with E-state index >= 15 is 8.78 Å². The number of hydrogen-bond donors (Lipinski definition) is 2. The molecule has 14 heteroatoms. The molecule has 42 heavy (non-hydrogen) atoms. The Balaban J connectivity index is 1.34. The standard InChI is InChI=1S/C28H28F3N5O5S/c1-14-15(4-3-5-17(14)29)21-20(24(37)38)18(33-22(34-21)23-32-8-9-42-23)11-36-13-28(30,31)16-10-35(12-19(16)36)25(39)27(6-7-27)26(40)41-2/h3-5,8-9,16,19,21H,6-7,10-13H2,1-2H3,(H,33,34)(H,37,38)/t16-,19+,21?/m1/s1. The summed E-state index contributed by atoms with van der Waals surface area (Å²) in [7, 11) is 1.19. The number of benzene rings is 1. The van der Waals surface area contributed by atoms with Gasteiger partial charge in [-0.3, -0.25) is 19.5 Å². The van der Waals surface area contributed by atoms with Gasteiger partial charge in [0.2, 0.25) is 5.91 Å². The largest absolute Gasteiger partial charge is 0.478 e. The Hall–Kier alpha value is -3.78. The number of hydrogen-bond acceptors (Lipinski definition) is 9. The molecule has 0 bridgehead atoms. The van der Waals surface area contributed by atoms with Crippen molar-refractivity contribution in [3.63, 3.8) is 0 Å². The van der Waals surface area contributed by atoms with Crippen molar-refractivity contribution in [1.29, 1.82) is 0 Å². The first kappa shape index (κ1) is 28.3. The SMILES string of the molecule is COC(=O)C1(C(=O)N2C[C@@H]3[C@H](C2)N(CC2=C(C(=O)O)C(c4cccc(F)c4C)N=C(c4nccs4)N2)CC3(F)F)CC1. The molecule has 2 N–H and O–H groups in total. The van der Waals surface area contributed by atoms with Gasteiger partial charge in [0.15, 0.2) is 10.8 Å². The quantitative estimate of drug-likeness (QED) is 0.366. The summed E-state index contributed by atoms with van der Waals surface area (Å²) >= 11 is 1.26. The number of amides is 1. The van der Waals surface area contributed by atoms with Crippen LogP contribution in [0.15, 0.2) is 46.0 Å². The summed E-state index contributed by atoms with van der Waals surface area (Å²) in [5.41, 5.74) is -0.815. The number of ether oxygens (including phenoxy) is 1. The van der Waals surface area contributed by atoms with E-state index in [1.54, 1.807) is 17.6 Å². The lowest BCUT2D eigenvalue weighted by molar-refractivity contribution is -0.156. The first-order valence-electron chi connectivity index (χ1n) is 13.4. The second-order valence-electron chi connectivity index (χ2n) is 11.1. The highest BCUT2D eigenvalue weighted by Gasteiger charge is 2.64. The van der Waals surface area contributed by atoms with E-state index in [1.165, 1.54) is 47.3 Å². The highest BCUT2D eigenvalue weighted by atomic mass is 32.1. The maximum absolute atomic E-state index is 15.4. The van der Waals surface area contributed by atoms with Gasteiger partial charge in [0.25, 0.3) is 5.92 Å². The summed E-state index contributed by atoms with van der Waals surface area (Å²) in [6, 6.07) is 2.42. The van der Waals surface area contributed by atoms with Gasteiger partial charge in [0, 0.05) is 43.0 Å². The predicted octanol–water partition coefficient (Wildman–Crippen LogP) is 2.75. The zero-order valence-electron chi connectivity index (χ0n) is 22.8. The van der Waals surface area contributed by atoms with Crippen molar-refractivity contribution in [2.45, 2.75) is 37.8 Å². The summed E-state index contributed by atoms with van der Waals surface area (Å²) in [6.07, 6.45) is 2.17. The fourth-order valence-corrected chi connectivity index (χ4v) is 6.90. The Bertz CT molecular complexity index is 1520. The van der Waals surface area contributed by atoms with E-state index in [1.807, 2.05) is 0 Å². The smallest absolute Gasteiger partial charge is 0.335 e. The topological polar surface area (TPSA) is 124 Å². The molecule has 1 aliphatic carbocycles. The maximum atomic E-state index is 15.4. The molecule has 2 saturated heterocycles. The maximum Gasteiger partial charge on any atom is 0.335 e. The molecule has 2 aromatic rings. The Labute approximate surface area is 242 Å². The van der Waals surface area contributed by atoms with E-state index in [2.05, 4.69) is 15.3 Å². The predicted molar refractivity (Wildman–Crippen MR) is 144 cm³/mol. The lowest BCUT2D eigenvalue weighted by Gasteiger charge is -2.31. The van der Waals surface area contributed by atoms with Crippen LogP contribution in [0.1, 0.15) is 35.0 Å². The molecule has 1 aromatic carbocycles. The number of aliphatic carboxylic acids is 1. The number of methoxy groups -OCH3 is 1. The van der Waals surface area contributed by atoms with Crippen molar-refractivity contribution in [1.82, 2.24) is 20.1 Å². The van der Waals surface area contributed by atoms with Gasteiger partial charge in [-0.05, 0) is 37.0 Å². The van der Waals surface area contributed by atoms with Crippen LogP contribution < -0.4 is 5.32 Å². The number of nitrogens with zero attached hydrogens (tertiary/aromatic N) is 4. The number of halogens is 3. The second kappa shape index (κ2) is 10.2. The number of carboxylic acid groups (broad SMARTS) is 1. The number of esters is 1. The normalized spacial score (nSPS) is 26.0. The van der Waals surface area contributed by atoms with Crippen LogP contribution in [0.2, 0.25) is 0 Å². The fraction of sp³-hybridized carbons (Fsp3) is 0.464. The summed E-state index contributed by atoms with van der Waals surface area (Å²) in [5.74, 6) is -7.14. The van der Waals surface area contributed by atoms with Gasteiger partial charge in [-0.2, -0.15) is 0 Å². The highest BCUT2D eigenvalue weighted by Crippen LogP contribution is 2.51. The van der Waals surface area contributed by atoms with E-state index in [0.717, 1.165) is 0 Å². The molecule has 1 saturated carbocycles. The van der Waals surface area contributed by atoms with Crippen LogP contribution in [0.4, 0.5) is 13.2 Å². The number of carbonyl (C=O) groups is 3. The number of nitrogens with one attached hydrogen (secondary N) is 1. The number of carboxylic acids is 1. The number of rotatable bonds is 7. The van der Waals surface area contributed by atoms with E-state index in [-0.39, 0.29) is 42.3 Å². The molecule has 3 aliphatic heterocycles. The van der Waals surface area contributed by atoms with Crippen molar-refractivity contribution in [2.24, 2.45) is 16.3 Å². The molecule has 3 fully saturated rings. The van der Waals surface area contributed by atoms with Gasteiger partial charge in [-0.25, -0.2) is 22.9 Å². The Kier molecular flexibility index (Phi) is 6.88. The number of amidine groups is 1. The van der Waals surface area contributed by atoms with Gasteiger partial charge in [0.1, 0.15) is 17.3 Å². The van der Waals surface area contributed by atoms with Crippen LogP contribution in [0, 0.1) is 24.1 Å². The first-order chi connectivity index (χ1) is 20.0. The average molecular weight is 604 g/mol. The molecule has 1 unspecified atom stereocenters. The molecule has 0 radical (unpaired) electrons. The first-order valence-corrected chi connectivity index (χ1v) is 14.3. The lowest BCUT2D eigenvalue weighted by Crippen LogP contribution is -2.45. The highest BCUT2D eigenvalue weighted by molar-refractivity contribution is 7.11. The molecule has 0 spiro atoms. The molecular weight excluding hydrogens is 575 g/mol. The minimum absolute atomic E-state index is 0.0343. The monoisotopic (exact) mass is 603 g/mol. The molecule has 3 atom stereocenters. The molecular formula is C28H28F3N5O5S. The van der Waals surface area contributed by atoms with Gasteiger partial charge < -0.3 is 20.1 Å². The lowest BCUT2D eigenvalue weighted by atomic mass is 9.92. The van der Waals surface area contributed by atoms with Crippen molar-refractivity contribution in [2.75, 3.05) is 33.3 Å². The molecule has 6 rings (SSSR count). The molecule has 4 heterocycles. The number of likely N-dealkylation sites (tertiary alicyclic amines) is 2. The van der Waals surface area contributed by atoms with Gasteiger partial charge in [0.05, 0.1) is 25.1 Å². The van der Waals surface area contributed by atoms with E-state index < -0.39 is 59.5 Å². The molecule has 1 amide bonds. The summed E-state index contributed by atoms with van der Waals surface area (Å²) in [5, 5.41) is 15.5. The van der Waals surface area contributed by atoms with Crippen LogP contribution in [-0.4, -0.2) is 88.8 Å². The third kappa shape index (κ3) is 4.56. The van der Waals surface area contributed by atoms with Gasteiger partial charge in [-0.15, -0.1) is 11.3 Å². The van der Waals surface area contributed by atoms with Crippen LogP contribution in [0.5, 0.6) is 0 Å². The van der Waals surface area contributed by atoms with Gasteiger partial charge in [-0.1, -0.05) is 12.1 Å². The van der Waals surface area contributed by atoms with E-state index in [9.17, 15) is 23.9 Å². The van der Waals surface area contributed by atoms with Crippen LogP contribution in [0.25, 0.3) is 0 Å². The minimum atomic E-state index is -3.16. The molecule has 222 valence electrons. The number of aliphatic imine (C=N–C) groups is 1. The minimum Gasteiger partial charge on any atom is -0.478 e. The summed E-state index contributed by atoms with van der Waals surface area (Å²) in [4.78, 5) is 49.9. The van der Waals surface area contributed by atoms with Crippen molar-refractivity contribution in [3.8, 4) is 0 Å². The second-order valence-corrected chi connectivity index (χ2v) is 12.0. The number of thiazole rings is 1. The Morgan fingerprint density at radius 2 is 2.00 bits per heavy atom. The number of fused-ring (bicyclic) bond motifs is 1. The van der Waals surface area contributed by atoms with Gasteiger partial charge >= 0.3 is 11.9 Å². The average Bonchev–Trinajstić information content (AvgIpc) is 3.28. The van der Waals surface area contributed by atoms with Crippen LogP contribution in [-0.2, 0) is 19.1 Å². The zero-order chi connectivity index (χ0) is 30.0. The summed E-state index contributed by atoms with van der Waals surface area (Å²) in [6.45, 7) is 0.422. The fourth-order valence-electron chi connectivity index (χ4n) is 6.31. The molecule has 4 aliphatic rings. The van der Waals surface area contributed by atoms with Crippen LogP contribution >= 0.6 is 11.3 Å². The van der Waals surface area contributed by atoms with Crippen molar-refractivity contribution < 1.29 is 37.4 Å². The third-order valence-electron chi connectivity index (χ3n) is 8.69. The van der Waals surface area contributed by atoms with E-state index in [4.69, 9.17) is 4.74 Å². The summed E-state index contributed by atoms with van der Waals surface area (Å²) < 4.78 is 50.1. The van der Waals surface area contributed by atoms with Crippen LogP contribution in [0.3, 0.4) is 0 Å². The Morgan fingerprint density at radius 1 is 1.24 bits per heavy atom. The third-order valence-corrected chi connectivity index (χ3v) is 9.47. The van der Waals surface area contributed by atoms with E-state index in [0.29, 0.717) is 23.4 Å². The number of aromatic nitrogens is 1. The number of alkyl halides is 2. The number of carbonyl (C=O) groups excluding carboxylic acids is 2. The van der Waals surface area contributed by atoms with Crippen molar-refractivity contribution >= 4 is 35.0 Å². The zero-order valence-corrected chi connectivity index (χ0v) is 23.6.